The van der Waals surface area contributed by atoms with Crippen LogP contribution in [0, 0.1) is 0 Å². The topological polar surface area (TPSA) is 73.9 Å². The number of ether oxygens (including phenoxy) is 3. The molecule has 1 aliphatic heterocycles. The number of hydrogen-bond acceptors (Lipinski definition) is 5. The van der Waals surface area contributed by atoms with Crippen LogP contribution in [0.25, 0.3) is 0 Å². The molecule has 0 spiro atoms. The molecular weight excluding hydrogens is 322 g/mol. The molecule has 0 bridgehead atoms. The van der Waals surface area contributed by atoms with Crippen molar-refractivity contribution in [3.05, 3.63) is 54.1 Å². The van der Waals surface area contributed by atoms with E-state index in [1.54, 1.807) is 18.2 Å². The number of hydrogen-bond donors (Lipinski definition) is 1. The number of rotatable bonds is 5. The fourth-order valence-electron chi connectivity index (χ4n) is 2.50. The smallest absolute Gasteiger partial charge is 0.351 e. The zero-order valence-electron chi connectivity index (χ0n) is 13.9. The van der Waals surface area contributed by atoms with Crippen molar-refractivity contribution in [2.24, 2.45) is 0 Å². The first-order chi connectivity index (χ1) is 12.2. The molecule has 2 aromatic rings. The minimum Gasteiger partial charge on any atom is -0.485 e. The van der Waals surface area contributed by atoms with Crippen molar-refractivity contribution < 1.29 is 23.8 Å². The maximum Gasteiger partial charge on any atom is 0.351 e. The summed E-state index contributed by atoms with van der Waals surface area (Å²) in [4.78, 5) is 24.1. The van der Waals surface area contributed by atoms with Crippen LogP contribution < -0.4 is 14.8 Å². The highest BCUT2D eigenvalue weighted by atomic mass is 16.6. The number of esters is 1. The van der Waals surface area contributed by atoms with Crippen LogP contribution in [0.4, 0.5) is 5.69 Å². The van der Waals surface area contributed by atoms with Gasteiger partial charge < -0.3 is 19.5 Å². The van der Waals surface area contributed by atoms with Crippen molar-refractivity contribution in [3.8, 4) is 11.5 Å². The second kappa shape index (κ2) is 7.70. The molecular formula is C19H19NO5. The summed E-state index contributed by atoms with van der Waals surface area (Å²) in [6.45, 7) is 1.68. The van der Waals surface area contributed by atoms with Gasteiger partial charge in [-0.15, -0.1) is 0 Å². The summed E-state index contributed by atoms with van der Waals surface area (Å²) < 4.78 is 16.1. The van der Waals surface area contributed by atoms with Crippen molar-refractivity contribution >= 4 is 17.6 Å². The maximum atomic E-state index is 12.1. The standard InChI is InChI=1S/C19H19NO5/c1-2-13-7-3-4-8-14(13)20-18(21)12-24-19(22)17-11-23-15-9-5-6-10-16(15)25-17/h3-10,17H,2,11-12H2,1H3,(H,20,21)/t17-/m0/s1. The van der Waals surface area contributed by atoms with E-state index in [1.807, 2.05) is 37.3 Å². The zero-order chi connectivity index (χ0) is 17.6. The largest absolute Gasteiger partial charge is 0.485 e. The SMILES string of the molecule is CCc1ccccc1NC(=O)COC(=O)[C@@H]1COc2ccccc2O1. The summed E-state index contributed by atoms with van der Waals surface area (Å²) in [5, 5.41) is 2.75. The van der Waals surface area contributed by atoms with E-state index in [2.05, 4.69) is 5.32 Å². The van der Waals surface area contributed by atoms with Crippen LogP contribution in [0.2, 0.25) is 0 Å². The third-order valence-electron chi connectivity index (χ3n) is 3.79. The number of fused-ring (bicyclic) bond motifs is 1. The Morgan fingerprint density at radius 2 is 1.84 bits per heavy atom. The number of amides is 1. The number of anilines is 1. The van der Waals surface area contributed by atoms with Crippen LogP contribution >= 0.6 is 0 Å². The first kappa shape index (κ1) is 16.8. The highest BCUT2D eigenvalue weighted by Crippen LogP contribution is 2.31. The van der Waals surface area contributed by atoms with Gasteiger partial charge in [-0.2, -0.15) is 0 Å². The van der Waals surface area contributed by atoms with Gasteiger partial charge in [0.05, 0.1) is 0 Å². The predicted octanol–water partition coefficient (Wildman–Crippen LogP) is 2.57. The number of carbonyl (C=O) groups excluding carboxylic acids is 2. The Labute approximate surface area is 145 Å². The predicted molar refractivity (Wildman–Crippen MR) is 91.8 cm³/mol. The molecule has 0 fully saturated rings. The van der Waals surface area contributed by atoms with E-state index in [4.69, 9.17) is 14.2 Å². The zero-order valence-corrected chi connectivity index (χ0v) is 13.9. The number of benzene rings is 2. The summed E-state index contributed by atoms with van der Waals surface area (Å²) in [6.07, 6.45) is -0.0891. The first-order valence-corrected chi connectivity index (χ1v) is 8.10. The number of aryl methyl sites for hydroxylation is 1. The molecule has 130 valence electrons. The van der Waals surface area contributed by atoms with E-state index >= 15 is 0 Å². The highest BCUT2D eigenvalue weighted by molar-refractivity contribution is 5.93. The van der Waals surface area contributed by atoms with Gasteiger partial charge in [0.1, 0.15) is 6.61 Å². The van der Waals surface area contributed by atoms with Crippen molar-refractivity contribution in [1.29, 1.82) is 0 Å². The Morgan fingerprint density at radius 3 is 2.64 bits per heavy atom. The lowest BCUT2D eigenvalue weighted by atomic mass is 10.1. The lowest BCUT2D eigenvalue weighted by Crippen LogP contribution is -2.39. The Hall–Kier alpha value is -3.02. The monoisotopic (exact) mass is 341 g/mol. The minimum atomic E-state index is -0.884. The van der Waals surface area contributed by atoms with Gasteiger partial charge in [-0.3, -0.25) is 4.79 Å². The molecule has 6 nitrogen and oxygen atoms in total. The summed E-state index contributed by atoms with van der Waals surface area (Å²) in [7, 11) is 0. The molecule has 3 rings (SSSR count). The average Bonchev–Trinajstić information content (AvgIpc) is 2.66. The van der Waals surface area contributed by atoms with E-state index in [1.165, 1.54) is 0 Å². The molecule has 1 N–H and O–H groups in total. The Kier molecular flexibility index (Phi) is 5.18. The molecule has 2 aromatic carbocycles. The third-order valence-corrected chi connectivity index (χ3v) is 3.79. The van der Waals surface area contributed by atoms with Crippen LogP contribution in [0.1, 0.15) is 12.5 Å². The summed E-state index contributed by atoms with van der Waals surface area (Å²) >= 11 is 0. The third kappa shape index (κ3) is 4.09. The summed E-state index contributed by atoms with van der Waals surface area (Å²) in [5.41, 5.74) is 1.74. The van der Waals surface area contributed by atoms with Crippen LogP contribution in [0.5, 0.6) is 11.5 Å². The molecule has 1 atom stereocenters. The molecule has 1 heterocycles. The highest BCUT2D eigenvalue weighted by Gasteiger charge is 2.29. The van der Waals surface area contributed by atoms with Crippen molar-refractivity contribution in [3.63, 3.8) is 0 Å². The molecule has 1 aliphatic rings. The van der Waals surface area contributed by atoms with Crippen molar-refractivity contribution in [2.45, 2.75) is 19.4 Å². The fraction of sp³-hybridized carbons (Fsp3) is 0.263. The summed E-state index contributed by atoms with van der Waals surface area (Å²) in [5.74, 6) is 0.0392. The molecule has 0 aliphatic carbocycles. The van der Waals surface area contributed by atoms with Crippen LogP contribution in [-0.2, 0) is 20.7 Å². The normalized spacial score (nSPS) is 15.3. The Morgan fingerprint density at radius 1 is 1.12 bits per heavy atom. The molecule has 6 heteroatoms. The first-order valence-electron chi connectivity index (χ1n) is 8.10. The van der Waals surface area contributed by atoms with E-state index in [0.717, 1.165) is 17.7 Å². The van der Waals surface area contributed by atoms with E-state index in [0.29, 0.717) is 11.5 Å². The lowest BCUT2D eigenvalue weighted by Gasteiger charge is -2.24. The Bertz CT molecular complexity index is 774. The molecule has 25 heavy (non-hydrogen) atoms. The van der Waals surface area contributed by atoms with Gasteiger partial charge in [-0.25, -0.2) is 4.79 Å². The second-order valence-corrected chi connectivity index (χ2v) is 5.53. The minimum absolute atomic E-state index is 0.0517. The van der Waals surface area contributed by atoms with Crippen LogP contribution in [-0.4, -0.2) is 31.2 Å². The van der Waals surface area contributed by atoms with Gasteiger partial charge in [-0.1, -0.05) is 37.3 Å². The molecule has 0 saturated heterocycles. The van der Waals surface area contributed by atoms with Crippen molar-refractivity contribution in [1.82, 2.24) is 0 Å². The van der Waals surface area contributed by atoms with Gasteiger partial charge in [-0.05, 0) is 30.2 Å². The van der Waals surface area contributed by atoms with Gasteiger partial charge >= 0.3 is 5.97 Å². The number of carbonyl (C=O) groups is 2. The second-order valence-electron chi connectivity index (χ2n) is 5.53. The van der Waals surface area contributed by atoms with E-state index < -0.39 is 18.0 Å². The Balaban J connectivity index is 1.52. The molecule has 0 unspecified atom stereocenters. The van der Waals surface area contributed by atoms with Gasteiger partial charge in [0.15, 0.2) is 18.1 Å². The van der Waals surface area contributed by atoms with Crippen molar-refractivity contribution in [2.75, 3.05) is 18.5 Å². The quantitative estimate of drug-likeness (QED) is 0.846. The van der Waals surface area contributed by atoms with Crippen LogP contribution in [0.15, 0.2) is 48.5 Å². The number of nitrogens with one attached hydrogen (secondary N) is 1. The lowest BCUT2D eigenvalue weighted by molar-refractivity contribution is -0.156. The van der Waals surface area contributed by atoms with Crippen LogP contribution in [0.3, 0.4) is 0 Å². The summed E-state index contributed by atoms with van der Waals surface area (Å²) in [6, 6.07) is 14.6. The van der Waals surface area contributed by atoms with Gasteiger partial charge in [0.25, 0.3) is 5.91 Å². The fourth-order valence-corrected chi connectivity index (χ4v) is 2.50. The molecule has 1 amide bonds. The number of para-hydroxylation sites is 3. The molecule has 0 radical (unpaired) electrons. The molecule has 0 saturated carbocycles. The van der Waals surface area contributed by atoms with E-state index in [-0.39, 0.29) is 13.2 Å². The maximum absolute atomic E-state index is 12.1. The van der Waals surface area contributed by atoms with Gasteiger partial charge in [0.2, 0.25) is 6.10 Å². The molecule has 0 aromatic heterocycles. The van der Waals surface area contributed by atoms with E-state index in [9.17, 15) is 9.59 Å². The van der Waals surface area contributed by atoms with Gasteiger partial charge in [0, 0.05) is 5.69 Å². The average molecular weight is 341 g/mol.